The molecule has 2 unspecified atom stereocenters. The molecule has 1 saturated heterocycles. The van der Waals surface area contributed by atoms with Crippen LogP contribution in [0, 0.1) is 5.92 Å². The van der Waals surface area contributed by atoms with E-state index in [0.29, 0.717) is 18.1 Å². The van der Waals surface area contributed by atoms with Crippen LogP contribution >= 0.6 is 0 Å². The fraction of sp³-hybridized carbons (Fsp3) is 0.625. The molecule has 3 heteroatoms. The van der Waals surface area contributed by atoms with Crippen molar-refractivity contribution in [3.05, 3.63) is 29.8 Å². The van der Waals surface area contributed by atoms with Gasteiger partial charge in [-0.15, -0.1) is 0 Å². The summed E-state index contributed by atoms with van der Waals surface area (Å²) in [5.41, 5.74) is 1.30. The number of ether oxygens (including phenoxy) is 2. The lowest BCUT2D eigenvalue weighted by molar-refractivity contribution is -0.0245. The summed E-state index contributed by atoms with van der Waals surface area (Å²) >= 11 is 0. The average Bonchev–Trinajstić information content (AvgIpc) is 2.46. The molecule has 0 bridgehead atoms. The van der Waals surface area contributed by atoms with Crippen molar-refractivity contribution in [2.75, 3.05) is 13.7 Å². The second kappa shape index (κ2) is 6.92. The normalized spacial score (nSPS) is 23.6. The van der Waals surface area contributed by atoms with Crippen LogP contribution in [0.25, 0.3) is 0 Å². The average molecular weight is 263 g/mol. The summed E-state index contributed by atoms with van der Waals surface area (Å²) < 4.78 is 11.0. The molecule has 1 aromatic rings. The SMILES string of the molecule is COc1ccc(CNC2CCOC(C(C)C)C2)cc1. The zero-order valence-corrected chi connectivity index (χ0v) is 12.2. The Bertz CT molecular complexity index is 375. The van der Waals surface area contributed by atoms with Gasteiger partial charge in [-0.25, -0.2) is 0 Å². The molecule has 1 fully saturated rings. The van der Waals surface area contributed by atoms with E-state index in [2.05, 4.69) is 31.3 Å². The van der Waals surface area contributed by atoms with Gasteiger partial charge < -0.3 is 14.8 Å². The Morgan fingerprint density at radius 1 is 1.32 bits per heavy atom. The van der Waals surface area contributed by atoms with Crippen molar-refractivity contribution >= 4 is 0 Å². The molecular formula is C16H25NO2. The molecule has 106 valence electrons. The topological polar surface area (TPSA) is 30.5 Å². The van der Waals surface area contributed by atoms with E-state index in [1.54, 1.807) is 7.11 Å². The molecule has 0 aromatic heterocycles. The van der Waals surface area contributed by atoms with Crippen LogP contribution in [0.1, 0.15) is 32.3 Å². The van der Waals surface area contributed by atoms with Gasteiger partial charge in [-0.05, 0) is 36.5 Å². The Balaban J connectivity index is 1.80. The number of hydrogen-bond donors (Lipinski definition) is 1. The Morgan fingerprint density at radius 2 is 2.05 bits per heavy atom. The highest BCUT2D eigenvalue weighted by atomic mass is 16.5. The number of methoxy groups -OCH3 is 1. The predicted octanol–water partition coefficient (Wildman–Crippen LogP) is 2.99. The highest BCUT2D eigenvalue weighted by Gasteiger charge is 2.24. The van der Waals surface area contributed by atoms with Crippen molar-refractivity contribution in [3.8, 4) is 5.75 Å². The second-order valence-electron chi connectivity index (χ2n) is 5.60. The first-order chi connectivity index (χ1) is 9.19. The molecule has 1 N–H and O–H groups in total. The van der Waals surface area contributed by atoms with Gasteiger partial charge in [-0.1, -0.05) is 26.0 Å². The molecule has 0 radical (unpaired) electrons. The molecule has 1 aliphatic rings. The van der Waals surface area contributed by atoms with Crippen LogP contribution in [0.4, 0.5) is 0 Å². The number of benzene rings is 1. The quantitative estimate of drug-likeness (QED) is 0.886. The third-order valence-corrected chi connectivity index (χ3v) is 3.81. The summed E-state index contributed by atoms with van der Waals surface area (Å²) in [6.07, 6.45) is 2.63. The van der Waals surface area contributed by atoms with Crippen molar-refractivity contribution < 1.29 is 9.47 Å². The lowest BCUT2D eigenvalue weighted by atomic mass is 9.95. The summed E-state index contributed by atoms with van der Waals surface area (Å²) in [4.78, 5) is 0. The monoisotopic (exact) mass is 263 g/mol. The fourth-order valence-electron chi connectivity index (χ4n) is 2.48. The van der Waals surface area contributed by atoms with E-state index < -0.39 is 0 Å². The minimum atomic E-state index is 0.405. The number of rotatable bonds is 5. The van der Waals surface area contributed by atoms with Gasteiger partial charge in [0.2, 0.25) is 0 Å². The van der Waals surface area contributed by atoms with Gasteiger partial charge in [0.1, 0.15) is 5.75 Å². The summed E-state index contributed by atoms with van der Waals surface area (Å²) in [6.45, 7) is 6.26. The van der Waals surface area contributed by atoms with Crippen LogP contribution in [0.2, 0.25) is 0 Å². The Morgan fingerprint density at radius 3 is 2.68 bits per heavy atom. The van der Waals surface area contributed by atoms with Crippen LogP contribution in [0.15, 0.2) is 24.3 Å². The van der Waals surface area contributed by atoms with Crippen LogP contribution in [0.5, 0.6) is 5.75 Å². The maximum atomic E-state index is 5.80. The van der Waals surface area contributed by atoms with Gasteiger partial charge in [0, 0.05) is 19.2 Å². The molecule has 0 aliphatic carbocycles. The molecule has 19 heavy (non-hydrogen) atoms. The van der Waals surface area contributed by atoms with E-state index in [1.165, 1.54) is 5.56 Å². The Hall–Kier alpha value is -1.06. The minimum absolute atomic E-state index is 0.405. The van der Waals surface area contributed by atoms with Crippen molar-refractivity contribution in [2.45, 2.75) is 45.4 Å². The third kappa shape index (κ3) is 4.22. The maximum Gasteiger partial charge on any atom is 0.118 e. The zero-order valence-electron chi connectivity index (χ0n) is 12.2. The Kier molecular flexibility index (Phi) is 5.23. The number of nitrogens with one attached hydrogen (secondary N) is 1. The third-order valence-electron chi connectivity index (χ3n) is 3.81. The van der Waals surface area contributed by atoms with E-state index in [9.17, 15) is 0 Å². The fourth-order valence-corrected chi connectivity index (χ4v) is 2.48. The highest BCUT2D eigenvalue weighted by molar-refractivity contribution is 5.27. The van der Waals surface area contributed by atoms with E-state index >= 15 is 0 Å². The van der Waals surface area contributed by atoms with Crippen molar-refractivity contribution in [2.24, 2.45) is 5.92 Å². The van der Waals surface area contributed by atoms with E-state index in [4.69, 9.17) is 9.47 Å². The molecule has 3 nitrogen and oxygen atoms in total. The van der Waals surface area contributed by atoms with Crippen molar-refractivity contribution in [1.82, 2.24) is 5.32 Å². The lowest BCUT2D eigenvalue weighted by Crippen LogP contribution is -2.40. The first-order valence-electron chi connectivity index (χ1n) is 7.17. The maximum absolute atomic E-state index is 5.80. The molecule has 1 aromatic carbocycles. The second-order valence-corrected chi connectivity index (χ2v) is 5.60. The summed E-state index contributed by atoms with van der Waals surface area (Å²) in [5.74, 6) is 1.51. The Labute approximate surface area is 116 Å². The molecule has 0 saturated carbocycles. The van der Waals surface area contributed by atoms with Gasteiger partial charge in [0.15, 0.2) is 0 Å². The van der Waals surface area contributed by atoms with E-state index in [0.717, 1.165) is 31.7 Å². The lowest BCUT2D eigenvalue weighted by Gasteiger charge is -2.32. The van der Waals surface area contributed by atoms with Crippen LogP contribution < -0.4 is 10.1 Å². The standard InChI is InChI=1S/C16H25NO2/c1-12(2)16-10-14(8-9-19-16)17-11-13-4-6-15(18-3)7-5-13/h4-7,12,14,16-17H,8-11H2,1-3H3. The van der Waals surface area contributed by atoms with Crippen molar-refractivity contribution in [3.63, 3.8) is 0 Å². The molecule has 2 atom stereocenters. The van der Waals surface area contributed by atoms with Gasteiger partial charge in [-0.2, -0.15) is 0 Å². The first-order valence-corrected chi connectivity index (χ1v) is 7.17. The smallest absolute Gasteiger partial charge is 0.118 e. The van der Waals surface area contributed by atoms with Gasteiger partial charge in [0.25, 0.3) is 0 Å². The summed E-state index contributed by atoms with van der Waals surface area (Å²) in [5, 5.41) is 3.64. The van der Waals surface area contributed by atoms with E-state index in [1.807, 2.05) is 12.1 Å². The predicted molar refractivity (Wildman–Crippen MR) is 77.4 cm³/mol. The van der Waals surface area contributed by atoms with Gasteiger partial charge >= 0.3 is 0 Å². The molecule has 0 amide bonds. The molecule has 1 aliphatic heterocycles. The highest BCUT2D eigenvalue weighted by Crippen LogP contribution is 2.20. The van der Waals surface area contributed by atoms with Gasteiger partial charge in [0.05, 0.1) is 13.2 Å². The summed E-state index contributed by atoms with van der Waals surface area (Å²) in [7, 11) is 1.70. The van der Waals surface area contributed by atoms with Gasteiger partial charge in [-0.3, -0.25) is 0 Å². The van der Waals surface area contributed by atoms with E-state index in [-0.39, 0.29) is 0 Å². The molecule has 2 rings (SSSR count). The molecular weight excluding hydrogens is 238 g/mol. The summed E-state index contributed by atoms with van der Waals surface area (Å²) in [6, 6.07) is 8.83. The van der Waals surface area contributed by atoms with Crippen LogP contribution in [0.3, 0.4) is 0 Å². The zero-order chi connectivity index (χ0) is 13.7. The first kappa shape index (κ1) is 14.4. The molecule has 0 spiro atoms. The minimum Gasteiger partial charge on any atom is -0.497 e. The number of hydrogen-bond acceptors (Lipinski definition) is 3. The largest absolute Gasteiger partial charge is 0.497 e. The molecule has 1 heterocycles. The van der Waals surface area contributed by atoms with Crippen molar-refractivity contribution in [1.29, 1.82) is 0 Å². The van der Waals surface area contributed by atoms with Crippen LogP contribution in [-0.2, 0) is 11.3 Å². The van der Waals surface area contributed by atoms with Crippen LogP contribution in [-0.4, -0.2) is 25.9 Å².